The van der Waals surface area contributed by atoms with Crippen LogP contribution in [0, 0.1) is 0 Å². The topological polar surface area (TPSA) is 64.7 Å². The van der Waals surface area contributed by atoms with E-state index in [9.17, 15) is 4.79 Å². The van der Waals surface area contributed by atoms with Gasteiger partial charge in [-0.25, -0.2) is 0 Å². The second kappa shape index (κ2) is 8.43. The number of hydrogen-bond acceptors (Lipinski definition) is 4. The van der Waals surface area contributed by atoms with Gasteiger partial charge in [0.1, 0.15) is 5.75 Å². The number of hydrogen-bond donors (Lipinski definition) is 1. The number of ketones is 1. The summed E-state index contributed by atoms with van der Waals surface area (Å²) in [5.41, 5.74) is 7.40. The summed E-state index contributed by atoms with van der Waals surface area (Å²) < 4.78 is 5.56. The summed E-state index contributed by atoms with van der Waals surface area (Å²) in [6, 6.07) is 5.45. The Hall–Kier alpha value is -1.75. The maximum atomic E-state index is 11.4. The van der Waals surface area contributed by atoms with Crippen molar-refractivity contribution < 1.29 is 9.53 Å². The van der Waals surface area contributed by atoms with Crippen LogP contribution >= 0.6 is 11.8 Å². The van der Waals surface area contributed by atoms with Crippen molar-refractivity contribution in [1.82, 2.24) is 0 Å². The van der Waals surface area contributed by atoms with Crippen molar-refractivity contribution in [2.75, 3.05) is 13.2 Å². The van der Waals surface area contributed by atoms with Crippen molar-refractivity contribution in [3.63, 3.8) is 0 Å². The van der Waals surface area contributed by atoms with Crippen molar-refractivity contribution in [2.24, 2.45) is 10.7 Å². The van der Waals surface area contributed by atoms with Gasteiger partial charge in [-0.3, -0.25) is 9.79 Å². The zero-order valence-electron chi connectivity index (χ0n) is 11.9. The van der Waals surface area contributed by atoms with Crippen LogP contribution < -0.4 is 10.5 Å². The predicted octanol–water partition coefficient (Wildman–Crippen LogP) is 3.02. The number of nitrogens with two attached hydrogens (primary N) is 1. The van der Waals surface area contributed by atoms with Gasteiger partial charge in [-0.15, -0.1) is 6.58 Å². The van der Waals surface area contributed by atoms with Crippen LogP contribution in [0.2, 0.25) is 0 Å². The van der Waals surface area contributed by atoms with Gasteiger partial charge in [0.2, 0.25) is 0 Å². The van der Waals surface area contributed by atoms with Crippen molar-refractivity contribution in [2.45, 2.75) is 19.6 Å². The normalized spacial score (nSPS) is 11.2. The number of carbonyl (C=O) groups excluding carboxylic acids is 1. The van der Waals surface area contributed by atoms with E-state index in [1.807, 2.05) is 19.1 Å². The molecule has 0 spiro atoms. The van der Waals surface area contributed by atoms with E-state index in [1.165, 1.54) is 11.8 Å². The fourth-order valence-corrected chi connectivity index (χ4v) is 2.25. The lowest BCUT2D eigenvalue weighted by molar-refractivity contribution is 0.101. The number of aliphatic imine (C=N–C) groups is 1. The van der Waals surface area contributed by atoms with E-state index < -0.39 is 0 Å². The molecule has 0 atom stereocenters. The molecule has 5 heteroatoms. The number of thioether (sulfide) groups is 1. The van der Waals surface area contributed by atoms with E-state index in [4.69, 9.17) is 10.5 Å². The molecular weight excluding hydrogens is 272 g/mol. The van der Waals surface area contributed by atoms with E-state index in [0.29, 0.717) is 29.6 Å². The monoisotopic (exact) mass is 292 g/mol. The first-order chi connectivity index (χ1) is 9.58. The number of nitrogens with zero attached hydrogens (tertiary/aromatic N) is 1. The van der Waals surface area contributed by atoms with Crippen LogP contribution in [-0.2, 0) is 5.75 Å². The summed E-state index contributed by atoms with van der Waals surface area (Å²) >= 11 is 1.42. The maximum absolute atomic E-state index is 11.4. The Balaban J connectivity index is 2.86. The molecule has 0 saturated heterocycles. The molecule has 0 saturated carbocycles. The number of rotatable bonds is 7. The van der Waals surface area contributed by atoms with Crippen LogP contribution in [0.4, 0.5) is 0 Å². The van der Waals surface area contributed by atoms with Gasteiger partial charge in [0.25, 0.3) is 0 Å². The van der Waals surface area contributed by atoms with Crippen LogP contribution in [0.5, 0.6) is 5.75 Å². The van der Waals surface area contributed by atoms with Crippen molar-refractivity contribution in [1.29, 1.82) is 0 Å². The average molecular weight is 292 g/mol. The van der Waals surface area contributed by atoms with E-state index >= 15 is 0 Å². The molecule has 0 aliphatic carbocycles. The number of ether oxygens (including phenoxy) is 1. The van der Waals surface area contributed by atoms with Crippen LogP contribution in [0.3, 0.4) is 0 Å². The molecule has 0 amide bonds. The fraction of sp³-hybridized carbons (Fsp3) is 0.333. The molecule has 20 heavy (non-hydrogen) atoms. The first-order valence-corrected chi connectivity index (χ1v) is 7.37. The lowest BCUT2D eigenvalue weighted by Crippen LogP contribution is -2.08. The van der Waals surface area contributed by atoms with Gasteiger partial charge in [0.15, 0.2) is 11.0 Å². The maximum Gasteiger partial charge on any atom is 0.159 e. The summed E-state index contributed by atoms with van der Waals surface area (Å²) in [4.78, 5) is 15.6. The number of benzene rings is 1. The molecule has 4 nitrogen and oxygen atoms in total. The van der Waals surface area contributed by atoms with Crippen LogP contribution in [0.25, 0.3) is 0 Å². The van der Waals surface area contributed by atoms with Gasteiger partial charge in [-0.1, -0.05) is 17.8 Å². The molecule has 0 fully saturated rings. The van der Waals surface area contributed by atoms with Crippen LogP contribution in [0.15, 0.2) is 35.8 Å². The summed E-state index contributed by atoms with van der Waals surface area (Å²) in [7, 11) is 0. The zero-order chi connectivity index (χ0) is 15.0. The SMILES string of the molecule is C=CCN=C(N)SCc1cc(C(C)=O)ccc1OCC. The second-order valence-corrected chi connectivity index (χ2v) is 5.06. The van der Waals surface area contributed by atoms with Gasteiger partial charge in [0, 0.05) is 16.9 Å². The zero-order valence-corrected chi connectivity index (χ0v) is 12.7. The van der Waals surface area contributed by atoms with Gasteiger partial charge in [-0.2, -0.15) is 0 Å². The molecule has 0 radical (unpaired) electrons. The van der Waals surface area contributed by atoms with E-state index in [-0.39, 0.29) is 5.78 Å². The molecule has 0 aromatic heterocycles. The lowest BCUT2D eigenvalue weighted by atomic mass is 10.1. The van der Waals surface area contributed by atoms with E-state index in [2.05, 4.69) is 11.6 Å². The Kier molecular flexibility index (Phi) is 6.87. The highest BCUT2D eigenvalue weighted by Gasteiger charge is 2.08. The fourth-order valence-electron chi connectivity index (χ4n) is 1.56. The Morgan fingerprint density at radius 3 is 2.90 bits per heavy atom. The van der Waals surface area contributed by atoms with Crippen LogP contribution in [0.1, 0.15) is 29.8 Å². The summed E-state index contributed by atoms with van der Waals surface area (Å²) in [6.45, 7) is 8.15. The number of Topliss-reactive ketones (excluding diaryl/α,β-unsaturated/α-hetero) is 1. The third-order valence-corrected chi connectivity index (χ3v) is 3.40. The molecule has 0 heterocycles. The highest BCUT2D eigenvalue weighted by Crippen LogP contribution is 2.25. The Morgan fingerprint density at radius 2 is 2.30 bits per heavy atom. The molecule has 0 bridgehead atoms. The summed E-state index contributed by atoms with van der Waals surface area (Å²) in [5, 5.41) is 0.501. The molecule has 0 unspecified atom stereocenters. The minimum Gasteiger partial charge on any atom is -0.494 e. The van der Waals surface area contributed by atoms with Gasteiger partial charge >= 0.3 is 0 Å². The third-order valence-electron chi connectivity index (χ3n) is 2.52. The molecule has 1 rings (SSSR count). The first kappa shape index (κ1) is 16.3. The highest BCUT2D eigenvalue weighted by atomic mass is 32.2. The van der Waals surface area contributed by atoms with Gasteiger partial charge in [-0.05, 0) is 32.0 Å². The smallest absolute Gasteiger partial charge is 0.159 e. The highest BCUT2D eigenvalue weighted by molar-refractivity contribution is 8.13. The molecule has 108 valence electrons. The summed E-state index contributed by atoms with van der Waals surface area (Å²) in [6.07, 6.45) is 1.69. The minimum atomic E-state index is 0.0348. The van der Waals surface area contributed by atoms with Crippen molar-refractivity contribution in [3.05, 3.63) is 42.0 Å². The molecule has 0 aliphatic heterocycles. The van der Waals surface area contributed by atoms with E-state index in [0.717, 1.165) is 11.3 Å². The molecule has 1 aromatic rings. The number of amidine groups is 1. The van der Waals surface area contributed by atoms with E-state index in [1.54, 1.807) is 19.1 Å². The van der Waals surface area contributed by atoms with Crippen LogP contribution in [-0.4, -0.2) is 24.1 Å². The average Bonchev–Trinajstić information content (AvgIpc) is 2.44. The quantitative estimate of drug-likeness (QED) is 0.363. The molecule has 1 aromatic carbocycles. The first-order valence-electron chi connectivity index (χ1n) is 6.38. The molecular formula is C15H20N2O2S. The Labute approximate surface area is 124 Å². The largest absolute Gasteiger partial charge is 0.494 e. The second-order valence-electron chi connectivity index (χ2n) is 4.07. The lowest BCUT2D eigenvalue weighted by Gasteiger charge is -2.11. The van der Waals surface area contributed by atoms with Crippen molar-refractivity contribution >= 4 is 22.7 Å². The molecule has 2 N–H and O–H groups in total. The van der Waals surface area contributed by atoms with Gasteiger partial charge in [0.05, 0.1) is 13.2 Å². The summed E-state index contributed by atoms with van der Waals surface area (Å²) in [5.74, 6) is 1.43. The Morgan fingerprint density at radius 1 is 1.55 bits per heavy atom. The Bertz CT molecular complexity index is 513. The minimum absolute atomic E-state index is 0.0348. The molecule has 0 aliphatic rings. The number of carbonyl (C=O) groups is 1. The van der Waals surface area contributed by atoms with Gasteiger partial charge < -0.3 is 10.5 Å². The standard InChI is InChI=1S/C15H20N2O2S/c1-4-8-17-15(16)20-10-13-9-12(11(3)18)6-7-14(13)19-5-2/h4,6-7,9H,1,5,8,10H2,2-3H3,(H2,16,17). The third kappa shape index (κ3) is 5.09. The van der Waals surface area contributed by atoms with Crippen molar-refractivity contribution in [3.8, 4) is 5.75 Å². The predicted molar refractivity (Wildman–Crippen MR) is 85.6 cm³/mol.